The minimum atomic E-state index is -0.399. The summed E-state index contributed by atoms with van der Waals surface area (Å²) in [5.74, 6) is 0.239. The molecule has 0 spiro atoms. The van der Waals surface area contributed by atoms with Crippen molar-refractivity contribution >= 4 is 18.1 Å². The Balaban J connectivity index is 1.45. The second-order valence-electron chi connectivity index (χ2n) is 7.60. The number of ether oxygens (including phenoxy) is 2. The molecule has 2 aromatic rings. The number of esters is 1. The number of nitrogens with one attached hydrogen (secondary N) is 3. The summed E-state index contributed by atoms with van der Waals surface area (Å²) < 4.78 is 10.4. The molecule has 0 saturated carbocycles. The summed E-state index contributed by atoms with van der Waals surface area (Å²) in [6, 6.07) is 14.3. The second kappa shape index (κ2) is 12.0. The van der Waals surface area contributed by atoms with E-state index in [-0.39, 0.29) is 11.9 Å². The molecular weight excluding hydrogens is 408 g/mol. The number of amides is 1. The van der Waals surface area contributed by atoms with Crippen LogP contribution in [-0.4, -0.2) is 37.8 Å². The number of rotatable bonds is 10. The predicted molar refractivity (Wildman–Crippen MR) is 122 cm³/mol. The van der Waals surface area contributed by atoms with Crippen molar-refractivity contribution in [1.29, 1.82) is 0 Å². The molecule has 0 bridgehead atoms. The molecule has 0 radical (unpaired) electrons. The maximum atomic E-state index is 12.4. The fourth-order valence-corrected chi connectivity index (χ4v) is 3.36. The zero-order valence-electron chi connectivity index (χ0n) is 18.5. The Hall–Kier alpha value is -3.23. The van der Waals surface area contributed by atoms with Gasteiger partial charge in [0.15, 0.2) is 0 Å². The second-order valence-corrected chi connectivity index (χ2v) is 7.60. The van der Waals surface area contributed by atoms with Crippen LogP contribution >= 0.6 is 0 Å². The highest BCUT2D eigenvalue weighted by Crippen LogP contribution is 2.24. The van der Waals surface area contributed by atoms with Crippen molar-refractivity contribution in [3.63, 3.8) is 0 Å². The van der Waals surface area contributed by atoms with Gasteiger partial charge < -0.3 is 9.47 Å². The molecule has 170 valence electrons. The molecule has 8 heteroatoms. The van der Waals surface area contributed by atoms with Gasteiger partial charge >= 0.3 is 5.97 Å². The van der Waals surface area contributed by atoms with E-state index in [0.29, 0.717) is 12.0 Å². The van der Waals surface area contributed by atoms with Gasteiger partial charge in [-0.15, -0.1) is 0 Å². The van der Waals surface area contributed by atoms with Crippen molar-refractivity contribution in [3.05, 3.63) is 65.2 Å². The van der Waals surface area contributed by atoms with E-state index >= 15 is 0 Å². The van der Waals surface area contributed by atoms with Gasteiger partial charge in [0.05, 0.1) is 25.5 Å². The number of hydrogen-bond acceptors (Lipinski definition) is 7. The lowest BCUT2D eigenvalue weighted by Gasteiger charge is -2.11. The van der Waals surface area contributed by atoms with Gasteiger partial charge in [-0.25, -0.2) is 21.1 Å². The highest BCUT2D eigenvalue weighted by Gasteiger charge is 2.30. The molecule has 3 N–H and O–H groups in total. The van der Waals surface area contributed by atoms with Crippen molar-refractivity contribution in [3.8, 4) is 5.75 Å². The van der Waals surface area contributed by atoms with Crippen molar-refractivity contribution < 1.29 is 19.1 Å². The normalized spacial score (nSPS) is 17.9. The molecule has 3 rings (SSSR count). The Bertz CT molecular complexity index is 913. The first-order valence-corrected chi connectivity index (χ1v) is 10.9. The van der Waals surface area contributed by atoms with E-state index in [9.17, 15) is 9.59 Å². The van der Waals surface area contributed by atoms with Crippen LogP contribution in [0.1, 0.15) is 60.1 Å². The van der Waals surface area contributed by atoms with E-state index in [0.717, 1.165) is 29.9 Å². The van der Waals surface area contributed by atoms with Crippen molar-refractivity contribution in [2.24, 2.45) is 5.10 Å². The fourth-order valence-electron chi connectivity index (χ4n) is 3.36. The minimum Gasteiger partial charge on any atom is -0.494 e. The monoisotopic (exact) mass is 438 g/mol. The first kappa shape index (κ1) is 23.4. The average Bonchev–Trinajstić information content (AvgIpc) is 3.33. The molecule has 2 atom stereocenters. The van der Waals surface area contributed by atoms with Gasteiger partial charge in [0.25, 0.3) is 5.91 Å². The third kappa shape index (κ3) is 6.63. The minimum absolute atomic E-state index is 0.0229. The van der Waals surface area contributed by atoms with Crippen molar-refractivity contribution in [2.75, 3.05) is 13.7 Å². The van der Waals surface area contributed by atoms with Gasteiger partial charge in [-0.1, -0.05) is 44.0 Å². The van der Waals surface area contributed by atoms with Crippen LogP contribution in [0.3, 0.4) is 0 Å². The zero-order chi connectivity index (χ0) is 22.8. The van der Waals surface area contributed by atoms with E-state index in [1.165, 1.54) is 26.2 Å². The van der Waals surface area contributed by atoms with Crippen molar-refractivity contribution in [1.82, 2.24) is 16.3 Å². The van der Waals surface area contributed by atoms with E-state index in [2.05, 4.69) is 33.0 Å². The molecule has 2 aromatic carbocycles. The topological polar surface area (TPSA) is 101 Å². The molecule has 1 aliphatic rings. The number of methoxy groups -OCH3 is 1. The van der Waals surface area contributed by atoms with Gasteiger partial charge in [0, 0.05) is 6.04 Å². The summed E-state index contributed by atoms with van der Waals surface area (Å²) >= 11 is 0. The molecule has 0 aromatic heterocycles. The molecule has 2 unspecified atom stereocenters. The summed E-state index contributed by atoms with van der Waals surface area (Å²) in [4.78, 5) is 23.9. The van der Waals surface area contributed by atoms with Crippen LogP contribution in [0.25, 0.3) is 0 Å². The quantitative estimate of drug-likeness (QED) is 0.228. The average molecular weight is 439 g/mol. The number of hydrazone groups is 1. The van der Waals surface area contributed by atoms with Crippen LogP contribution < -0.4 is 21.0 Å². The number of benzene rings is 2. The molecule has 32 heavy (non-hydrogen) atoms. The number of hydrogen-bond donors (Lipinski definition) is 3. The largest absolute Gasteiger partial charge is 0.494 e. The number of nitrogens with zero attached hydrogens (tertiary/aromatic N) is 1. The van der Waals surface area contributed by atoms with Gasteiger partial charge in [-0.05, 0) is 48.2 Å². The van der Waals surface area contributed by atoms with E-state index in [4.69, 9.17) is 4.74 Å². The first-order valence-electron chi connectivity index (χ1n) is 10.9. The van der Waals surface area contributed by atoms with Crippen LogP contribution in [0, 0.1) is 0 Å². The molecule has 1 heterocycles. The molecule has 1 aliphatic heterocycles. The molecule has 8 nitrogen and oxygen atoms in total. The maximum Gasteiger partial charge on any atom is 0.337 e. The SMILES string of the molecule is CCCCCOc1ccc(C2CC(C(=O)N/N=C/c3ccc(C(=O)OC)cc3)NN2)cc1. The Morgan fingerprint density at radius 3 is 2.53 bits per heavy atom. The van der Waals surface area contributed by atoms with Crippen LogP contribution in [-0.2, 0) is 9.53 Å². The van der Waals surface area contributed by atoms with Crippen LogP contribution in [0.2, 0.25) is 0 Å². The van der Waals surface area contributed by atoms with Crippen LogP contribution in [0.15, 0.2) is 53.6 Å². The summed E-state index contributed by atoms with van der Waals surface area (Å²) in [5, 5.41) is 4.01. The highest BCUT2D eigenvalue weighted by molar-refractivity contribution is 5.91. The standard InChI is InChI=1S/C24H30N4O4/c1-3-4-5-14-32-20-12-10-18(11-13-20)21-15-22(27-26-21)23(29)28-25-16-17-6-8-19(9-7-17)24(30)31-2/h6-13,16,21-22,26-27H,3-5,14-15H2,1-2H3,(H,28,29)/b25-16+. The van der Waals surface area contributed by atoms with Crippen LogP contribution in [0.5, 0.6) is 5.75 Å². The lowest BCUT2D eigenvalue weighted by atomic mass is 10.0. The highest BCUT2D eigenvalue weighted by atomic mass is 16.5. The molecular formula is C24H30N4O4. The van der Waals surface area contributed by atoms with Crippen LogP contribution in [0.4, 0.5) is 0 Å². The molecule has 1 saturated heterocycles. The van der Waals surface area contributed by atoms with Gasteiger partial charge in [-0.2, -0.15) is 5.10 Å². The summed E-state index contributed by atoms with van der Waals surface area (Å²) in [5.41, 5.74) is 11.0. The van der Waals surface area contributed by atoms with Gasteiger partial charge in [0.1, 0.15) is 11.8 Å². The molecule has 1 fully saturated rings. The summed E-state index contributed by atoms with van der Waals surface area (Å²) in [6.07, 6.45) is 5.53. The molecule has 1 amide bonds. The third-order valence-electron chi connectivity index (χ3n) is 5.24. The molecule has 0 aliphatic carbocycles. The van der Waals surface area contributed by atoms with Crippen molar-refractivity contribution in [2.45, 2.75) is 44.7 Å². The Morgan fingerprint density at radius 1 is 1.09 bits per heavy atom. The zero-order valence-corrected chi connectivity index (χ0v) is 18.5. The maximum absolute atomic E-state index is 12.4. The number of hydrazine groups is 1. The van der Waals surface area contributed by atoms with Gasteiger partial charge in [-0.3, -0.25) is 4.79 Å². The summed E-state index contributed by atoms with van der Waals surface area (Å²) in [6.45, 7) is 2.90. The van der Waals surface area contributed by atoms with Gasteiger partial charge in [0.2, 0.25) is 0 Å². The Labute approximate surface area is 188 Å². The Kier molecular flexibility index (Phi) is 8.77. The fraction of sp³-hybridized carbons (Fsp3) is 0.375. The summed E-state index contributed by atoms with van der Waals surface area (Å²) in [7, 11) is 1.34. The smallest absolute Gasteiger partial charge is 0.337 e. The number of carbonyl (C=O) groups excluding carboxylic acids is 2. The Morgan fingerprint density at radius 2 is 1.84 bits per heavy atom. The number of unbranched alkanes of at least 4 members (excludes halogenated alkanes) is 2. The third-order valence-corrected chi connectivity index (χ3v) is 5.24. The van der Waals surface area contributed by atoms with E-state index < -0.39 is 12.0 Å². The lowest BCUT2D eigenvalue weighted by Crippen LogP contribution is -2.41. The number of carbonyl (C=O) groups is 2. The first-order chi connectivity index (χ1) is 15.6. The lowest BCUT2D eigenvalue weighted by molar-refractivity contribution is -0.122. The predicted octanol–water partition coefficient (Wildman–Crippen LogP) is 3.10. The van der Waals surface area contributed by atoms with E-state index in [1.54, 1.807) is 24.3 Å². The van der Waals surface area contributed by atoms with E-state index in [1.807, 2.05) is 24.3 Å².